The minimum absolute atomic E-state index is 0.0252. The molecule has 0 aromatic rings. The lowest BCUT2D eigenvalue weighted by Gasteiger charge is -2.72. The van der Waals surface area contributed by atoms with Gasteiger partial charge in [0, 0.05) is 11.3 Å². The fourth-order valence-corrected chi connectivity index (χ4v) is 11.0. The Labute approximate surface area is 216 Å². The number of aliphatic carboxylic acids is 1. The molecular formula is C30H48O6. The Hall–Kier alpha value is -0.950. The van der Waals surface area contributed by atoms with Crippen molar-refractivity contribution >= 4 is 5.97 Å². The van der Waals surface area contributed by atoms with Crippen molar-refractivity contribution in [2.75, 3.05) is 6.61 Å². The zero-order chi connectivity index (χ0) is 26.7. The number of carbonyl (C=O) groups is 1. The van der Waals surface area contributed by atoms with Crippen molar-refractivity contribution in [1.29, 1.82) is 0 Å². The Morgan fingerprint density at radius 3 is 2.28 bits per heavy atom. The van der Waals surface area contributed by atoms with E-state index < -0.39 is 40.5 Å². The lowest BCUT2D eigenvalue weighted by atomic mass is 9.33. The molecule has 0 amide bonds. The van der Waals surface area contributed by atoms with E-state index in [4.69, 9.17) is 0 Å². The average Bonchev–Trinajstić information content (AvgIpc) is 2.80. The van der Waals surface area contributed by atoms with Gasteiger partial charge in [-0.3, -0.25) is 4.79 Å². The predicted molar refractivity (Wildman–Crippen MR) is 137 cm³/mol. The molecule has 0 aromatic heterocycles. The summed E-state index contributed by atoms with van der Waals surface area (Å²) in [6.45, 7) is 12.6. The Balaban J connectivity index is 1.65. The molecule has 0 aliphatic heterocycles. The first-order valence-electron chi connectivity index (χ1n) is 14.2. The van der Waals surface area contributed by atoms with Crippen LogP contribution in [0.3, 0.4) is 0 Å². The van der Waals surface area contributed by atoms with Crippen molar-refractivity contribution in [2.45, 2.75) is 111 Å². The molecule has 4 saturated carbocycles. The van der Waals surface area contributed by atoms with Crippen LogP contribution in [-0.4, -0.2) is 55.9 Å². The number of aliphatic hydroxyl groups excluding tert-OH is 3. The van der Waals surface area contributed by atoms with Gasteiger partial charge in [-0.2, -0.15) is 0 Å². The van der Waals surface area contributed by atoms with Crippen molar-refractivity contribution in [3.05, 3.63) is 11.6 Å². The number of carboxylic acids is 1. The highest BCUT2D eigenvalue weighted by Crippen LogP contribution is 2.76. The maximum absolute atomic E-state index is 12.8. The average molecular weight is 505 g/mol. The lowest BCUT2D eigenvalue weighted by Crippen LogP contribution is -2.69. The summed E-state index contributed by atoms with van der Waals surface area (Å²) >= 11 is 0. The first kappa shape index (κ1) is 26.6. The minimum atomic E-state index is -1.09. The third kappa shape index (κ3) is 2.91. The summed E-state index contributed by atoms with van der Waals surface area (Å²) in [4.78, 5) is 12.8. The van der Waals surface area contributed by atoms with Crippen molar-refractivity contribution in [3.8, 4) is 0 Å². The molecule has 12 atom stereocenters. The maximum Gasteiger partial charge on any atom is 0.310 e. The molecule has 5 N–H and O–H groups in total. The monoisotopic (exact) mass is 504 g/mol. The molecule has 0 saturated heterocycles. The molecule has 1 unspecified atom stereocenters. The SMILES string of the molecule is C[C@@H]1CC[C@]2(C(=O)O)CC[C@]3(C)C(=CC[C@@H]4[C@@]5(C)C[C@@H](O)[C@H](O)[C@@](C)(CO)[C@@H]5CC[C@]43C)C2[C@]1(C)O. The number of carboxylic acid groups (broad SMARTS) is 1. The predicted octanol–water partition coefficient (Wildman–Crippen LogP) is 4.15. The maximum atomic E-state index is 12.8. The standard InChI is InChI=1S/C30H48O6/c1-17-9-12-30(24(34)35)14-13-27(4)18(22(30)29(17,6)36)7-8-21-25(2)15-19(32)23(33)26(3,16-31)20(25)10-11-28(21,27)5/h7,17,19-23,31-33,36H,8-16H2,1-6H3,(H,34,35)/t17-,19-,20-,21-,22?,23+,25+,26+,27-,28-,29-,30+/m1/s1. The van der Waals surface area contributed by atoms with Gasteiger partial charge in [0.05, 0.1) is 29.8 Å². The Morgan fingerprint density at radius 2 is 1.67 bits per heavy atom. The van der Waals surface area contributed by atoms with Gasteiger partial charge in [0.2, 0.25) is 0 Å². The van der Waals surface area contributed by atoms with Crippen LogP contribution < -0.4 is 0 Å². The van der Waals surface area contributed by atoms with Gasteiger partial charge in [0.25, 0.3) is 0 Å². The Morgan fingerprint density at radius 1 is 1.00 bits per heavy atom. The van der Waals surface area contributed by atoms with E-state index >= 15 is 0 Å². The van der Waals surface area contributed by atoms with Gasteiger partial charge in [-0.1, -0.05) is 46.3 Å². The summed E-state index contributed by atoms with van der Waals surface area (Å²) in [7, 11) is 0. The molecule has 5 rings (SSSR count). The largest absolute Gasteiger partial charge is 0.481 e. The Kier molecular flexibility index (Phi) is 5.77. The number of fused-ring (bicyclic) bond motifs is 7. The first-order chi connectivity index (χ1) is 16.6. The van der Waals surface area contributed by atoms with Gasteiger partial charge in [0.1, 0.15) is 0 Å². The molecule has 0 radical (unpaired) electrons. The topological polar surface area (TPSA) is 118 Å². The zero-order valence-electron chi connectivity index (χ0n) is 23.0. The Bertz CT molecular complexity index is 974. The number of rotatable bonds is 2. The molecule has 36 heavy (non-hydrogen) atoms. The summed E-state index contributed by atoms with van der Waals surface area (Å²) in [5, 5.41) is 54.8. The van der Waals surface area contributed by atoms with Crippen LogP contribution in [0.5, 0.6) is 0 Å². The fraction of sp³-hybridized carbons (Fsp3) is 0.900. The fourth-order valence-electron chi connectivity index (χ4n) is 11.0. The zero-order valence-corrected chi connectivity index (χ0v) is 23.0. The number of hydrogen-bond acceptors (Lipinski definition) is 5. The summed E-state index contributed by atoms with van der Waals surface area (Å²) in [6, 6.07) is 0. The molecule has 6 heteroatoms. The molecule has 0 bridgehead atoms. The van der Waals surface area contributed by atoms with E-state index in [2.05, 4.69) is 33.8 Å². The third-order valence-electron chi connectivity index (χ3n) is 13.6. The van der Waals surface area contributed by atoms with Crippen molar-refractivity contribution in [2.24, 2.45) is 50.7 Å². The molecule has 0 heterocycles. The summed E-state index contributed by atoms with van der Waals surface area (Å²) in [6.07, 6.45) is 6.20. The molecule has 4 fully saturated rings. The van der Waals surface area contributed by atoms with Crippen molar-refractivity contribution in [3.63, 3.8) is 0 Å². The molecule has 0 spiro atoms. The lowest BCUT2D eigenvalue weighted by molar-refractivity contribution is -0.247. The van der Waals surface area contributed by atoms with Crippen LogP contribution in [0.25, 0.3) is 0 Å². The van der Waals surface area contributed by atoms with E-state index in [-0.39, 0.29) is 40.6 Å². The first-order valence-corrected chi connectivity index (χ1v) is 14.2. The highest BCUT2D eigenvalue weighted by Gasteiger charge is 2.72. The van der Waals surface area contributed by atoms with Crippen LogP contribution in [0.1, 0.15) is 92.9 Å². The third-order valence-corrected chi connectivity index (χ3v) is 13.6. The minimum Gasteiger partial charge on any atom is -0.481 e. The normalized spacial score (nSPS) is 58.6. The van der Waals surface area contributed by atoms with E-state index in [1.165, 1.54) is 0 Å². The highest BCUT2D eigenvalue weighted by molar-refractivity contribution is 5.77. The second-order valence-electron chi connectivity index (χ2n) is 14.7. The van der Waals surface area contributed by atoms with Crippen LogP contribution in [0.15, 0.2) is 11.6 Å². The van der Waals surface area contributed by atoms with Gasteiger partial charge in [0.15, 0.2) is 0 Å². The van der Waals surface area contributed by atoms with E-state index in [0.717, 1.165) is 37.7 Å². The van der Waals surface area contributed by atoms with Crippen molar-refractivity contribution in [1.82, 2.24) is 0 Å². The van der Waals surface area contributed by atoms with Crippen LogP contribution in [0.2, 0.25) is 0 Å². The molecule has 5 aliphatic carbocycles. The van der Waals surface area contributed by atoms with Gasteiger partial charge in [-0.05, 0) is 92.3 Å². The van der Waals surface area contributed by atoms with E-state index in [9.17, 15) is 30.3 Å². The van der Waals surface area contributed by atoms with Crippen LogP contribution in [0.4, 0.5) is 0 Å². The highest BCUT2D eigenvalue weighted by atomic mass is 16.4. The molecule has 204 valence electrons. The second-order valence-corrected chi connectivity index (χ2v) is 14.7. The number of hydrogen-bond donors (Lipinski definition) is 5. The van der Waals surface area contributed by atoms with Gasteiger partial charge in [-0.25, -0.2) is 0 Å². The molecule has 0 aromatic carbocycles. The molecule has 5 aliphatic rings. The van der Waals surface area contributed by atoms with Crippen LogP contribution in [0, 0.1) is 50.7 Å². The summed E-state index contributed by atoms with van der Waals surface area (Å²) < 4.78 is 0. The van der Waals surface area contributed by atoms with Gasteiger partial charge >= 0.3 is 5.97 Å². The van der Waals surface area contributed by atoms with Gasteiger partial charge < -0.3 is 25.5 Å². The second kappa shape index (κ2) is 7.80. The van der Waals surface area contributed by atoms with Gasteiger partial charge in [-0.15, -0.1) is 0 Å². The quantitative estimate of drug-likeness (QED) is 0.361. The van der Waals surface area contributed by atoms with E-state index in [1.807, 2.05) is 13.8 Å². The molecule has 6 nitrogen and oxygen atoms in total. The van der Waals surface area contributed by atoms with Crippen LogP contribution in [-0.2, 0) is 4.79 Å². The summed E-state index contributed by atoms with van der Waals surface area (Å²) in [5.41, 5.74) is -2.28. The number of allylic oxidation sites excluding steroid dienone is 1. The number of aliphatic hydroxyl groups is 4. The van der Waals surface area contributed by atoms with Crippen molar-refractivity contribution < 1.29 is 30.3 Å². The van der Waals surface area contributed by atoms with E-state index in [0.29, 0.717) is 19.3 Å². The van der Waals surface area contributed by atoms with Crippen LogP contribution >= 0.6 is 0 Å². The molecular weight excluding hydrogens is 456 g/mol. The summed E-state index contributed by atoms with van der Waals surface area (Å²) in [5.74, 6) is -0.834. The van der Waals surface area contributed by atoms with E-state index in [1.54, 1.807) is 0 Å². The smallest absolute Gasteiger partial charge is 0.310 e.